The SMILES string of the molecule is Cc1nc(N)c2nc(-c3cncc(F)c3)n(Cc3ccc(C4CCN(C(=O)OC(C)(C)C)C4)cc3)c2n1. The Hall–Kier alpha value is -4.08. The van der Waals surface area contributed by atoms with Crippen LogP contribution in [0.25, 0.3) is 22.6 Å². The Balaban J connectivity index is 1.40. The number of carbonyl (C=O) groups is 1. The lowest BCUT2D eigenvalue weighted by atomic mass is 9.97. The average molecular weight is 504 g/mol. The number of hydrogen-bond acceptors (Lipinski definition) is 7. The van der Waals surface area contributed by atoms with Gasteiger partial charge in [-0.05, 0) is 51.3 Å². The minimum absolute atomic E-state index is 0.250. The molecule has 0 spiro atoms. The lowest BCUT2D eigenvalue weighted by Crippen LogP contribution is -2.35. The Morgan fingerprint density at radius 3 is 2.62 bits per heavy atom. The Morgan fingerprint density at radius 2 is 1.92 bits per heavy atom. The summed E-state index contributed by atoms with van der Waals surface area (Å²) >= 11 is 0. The van der Waals surface area contributed by atoms with Gasteiger partial charge in [-0.25, -0.2) is 24.1 Å². The van der Waals surface area contributed by atoms with Crippen molar-refractivity contribution in [2.24, 2.45) is 0 Å². The molecule has 5 rings (SSSR count). The number of rotatable bonds is 4. The van der Waals surface area contributed by atoms with E-state index in [2.05, 4.69) is 44.2 Å². The van der Waals surface area contributed by atoms with E-state index >= 15 is 0 Å². The molecule has 0 saturated carbocycles. The number of ether oxygens (including phenoxy) is 1. The van der Waals surface area contributed by atoms with Crippen LogP contribution in [0, 0.1) is 12.7 Å². The number of amides is 1. The first-order chi connectivity index (χ1) is 17.6. The molecule has 4 heterocycles. The number of hydrogen-bond donors (Lipinski definition) is 1. The quantitative estimate of drug-likeness (QED) is 0.430. The van der Waals surface area contributed by atoms with Crippen molar-refractivity contribution in [3.8, 4) is 11.4 Å². The highest BCUT2D eigenvalue weighted by Gasteiger charge is 2.30. The summed E-state index contributed by atoms with van der Waals surface area (Å²) in [5.74, 6) is 1.12. The first-order valence-electron chi connectivity index (χ1n) is 12.3. The fourth-order valence-electron chi connectivity index (χ4n) is 4.64. The molecule has 0 bridgehead atoms. The highest BCUT2D eigenvalue weighted by molar-refractivity contribution is 5.85. The Labute approximate surface area is 214 Å². The zero-order valence-corrected chi connectivity index (χ0v) is 21.4. The smallest absolute Gasteiger partial charge is 0.410 e. The molecule has 1 aromatic carbocycles. The Kier molecular flexibility index (Phi) is 6.26. The molecular weight excluding hydrogens is 473 g/mol. The number of nitrogen functional groups attached to an aromatic ring is 1. The van der Waals surface area contributed by atoms with Crippen LogP contribution in [0.1, 0.15) is 50.1 Å². The van der Waals surface area contributed by atoms with Crippen molar-refractivity contribution in [3.05, 3.63) is 65.5 Å². The molecule has 1 unspecified atom stereocenters. The molecular formula is C27H30FN7O2. The summed E-state index contributed by atoms with van der Waals surface area (Å²) in [6.07, 6.45) is 3.34. The number of benzene rings is 1. The van der Waals surface area contributed by atoms with E-state index < -0.39 is 11.4 Å². The first-order valence-corrected chi connectivity index (χ1v) is 12.3. The van der Waals surface area contributed by atoms with E-state index in [1.807, 2.05) is 25.3 Å². The molecule has 3 aromatic heterocycles. The standard InChI is InChI=1S/C27H30FN7O2/c1-16-31-23(29)22-25(32-16)35(24(33-22)20-11-21(28)13-30-12-20)14-17-5-7-18(8-6-17)19-9-10-34(15-19)26(36)37-27(2,3)4/h5-8,11-13,19H,9-10,14-15H2,1-4H3,(H2,29,31,32). The molecule has 2 N–H and O–H groups in total. The number of halogens is 1. The molecule has 1 fully saturated rings. The number of aryl methyl sites for hydroxylation is 1. The van der Waals surface area contributed by atoms with Gasteiger partial charge in [0.25, 0.3) is 0 Å². The summed E-state index contributed by atoms with van der Waals surface area (Å²) in [7, 11) is 0. The zero-order chi connectivity index (χ0) is 26.3. The van der Waals surface area contributed by atoms with Crippen LogP contribution in [0.2, 0.25) is 0 Å². The maximum atomic E-state index is 14.0. The van der Waals surface area contributed by atoms with Crippen molar-refractivity contribution >= 4 is 23.1 Å². The number of fused-ring (bicyclic) bond motifs is 1. The predicted octanol–water partition coefficient (Wildman–Crippen LogP) is 4.69. The number of imidazole rings is 1. The van der Waals surface area contributed by atoms with Crippen LogP contribution in [-0.2, 0) is 11.3 Å². The summed E-state index contributed by atoms with van der Waals surface area (Å²) in [5.41, 5.74) is 9.40. The van der Waals surface area contributed by atoms with E-state index in [9.17, 15) is 9.18 Å². The molecule has 1 atom stereocenters. The van der Waals surface area contributed by atoms with Gasteiger partial charge < -0.3 is 19.9 Å². The van der Waals surface area contributed by atoms with Crippen molar-refractivity contribution in [2.45, 2.75) is 52.2 Å². The van der Waals surface area contributed by atoms with Crippen molar-refractivity contribution in [1.29, 1.82) is 0 Å². The summed E-state index contributed by atoms with van der Waals surface area (Å²) < 4.78 is 21.4. The van der Waals surface area contributed by atoms with Gasteiger partial charge in [-0.2, -0.15) is 0 Å². The normalized spacial score (nSPS) is 15.9. The highest BCUT2D eigenvalue weighted by Crippen LogP contribution is 2.30. The van der Waals surface area contributed by atoms with Crippen molar-refractivity contribution in [2.75, 3.05) is 18.8 Å². The maximum Gasteiger partial charge on any atom is 0.410 e. The highest BCUT2D eigenvalue weighted by atomic mass is 19.1. The third kappa shape index (κ3) is 5.23. The van der Waals surface area contributed by atoms with Crippen molar-refractivity contribution in [3.63, 3.8) is 0 Å². The van der Waals surface area contributed by atoms with Crippen molar-refractivity contribution < 1.29 is 13.9 Å². The lowest BCUT2D eigenvalue weighted by molar-refractivity contribution is 0.0292. The second-order valence-electron chi connectivity index (χ2n) is 10.4. The molecule has 10 heteroatoms. The van der Waals surface area contributed by atoms with Gasteiger partial charge in [0, 0.05) is 30.8 Å². The largest absolute Gasteiger partial charge is 0.444 e. The number of aromatic nitrogens is 5. The van der Waals surface area contributed by atoms with Gasteiger partial charge in [-0.3, -0.25) is 4.98 Å². The molecule has 1 aliphatic rings. The van der Waals surface area contributed by atoms with Gasteiger partial charge in [0.1, 0.15) is 23.1 Å². The van der Waals surface area contributed by atoms with Crippen molar-refractivity contribution in [1.82, 2.24) is 29.4 Å². The number of pyridine rings is 1. The van der Waals surface area contributed by atoms with Gasteiger partial charge in [-0.1, -0.05) is 24.3 Å². The summed E-state index contributed by atoms with van der Waals surface area (Å²) in [5, 5.41) is 0. The van der Waals surface area contributed by atoms with E-state index in [0.29, 0.717) is 48.0 Å². The lowest BCUT2D eigenvalue weighted by Gasteiger charge is -2.24. The fourth-order valence-corrected chi connectivity index (χ4v) is 4.64. The predicted molar refractivity (Wildman–Crippen MR) is 138 cm³/mol. The molecule has 0 radical (unpaired) electrons. The Bertz CT molecular complexity index is 1460. The van der Waals surface area contributed by atoms with Gasteiger partial charge >= 0.3 is 6.09 Å². The zero-order valence-electron chi connectivity index (χ0n) is 21.4. The summed E-state index contributed by atoms with van der Waals surface area (Å²) in [6, 6.07) is 9.69. The average Bonchev–Trinajstić information content (AvgIpc) is 3.45. The number of anilines is 1. The minimum Gasteiger partial charge on any atom is -0.444 e. The van der Waals surface area contributed by atoms with Crippen LogP contribution in [0.4, 0.5) is 15.0 Å². The van der Waals surface area contributed by atoms with Crippen LogP contribution in [0.15, 0.2) is 42.7 Å². The van der Waals surface area contributed by atoms with Crippen LogP contribution < -0.4 is 5.73 Å². The maximum absolute atomic E-state index is 14.0. The first kappa shape index (κ1) is 24.6. The summed E-state index contributed by atoms with van der Waals surface area (Å²) in [6.45, 7) is 9.15. The number of carbonyl (C=O) groups excluding carboxylic acids is 1. The van der Waals surface area contributed by atoms with Gasteiger partial charge in [0.2, 0.25) is 0 Å². The van der Waals surface area contributed by atoms with Crippen LogP contribution in [-0.4, -0.2) is 54.2 Å². The number of nitrogens with two attached hydrogens (primary N) is 1. The van der Waals surface area contributed by atoms with E-state index in [4.69, 9.17) is 10.5 Å². The van der Waals surface area contributed by atoms with E-state index in [-0.39, 0.29) is 17.8 Å². The third-order valence-electron chi connectivity index (χ3n) is 6.33. The van der Waals surface area contributed by atoms with Gasteiger partial charge in [0.05, 0.1) is 12.7 Å². The number of likely N-dealkylation sites (tertiary alicyclic amines) is 1. The second-order valence-corrected chi connectivity index (χ2v) is 10.4. The minimum atomic E-state index is -0.511. The van der Waals surface area contributed by atoms with Gasteiger partial charge in [0.15, 0.2) is 17.0 Å². The monoisotopic (exact) mass is 503 g/mol. The van der Waals surface area contributed by atoms with Gasteiger partial charge in [-0.15, -0.1) is 0 Å². The molecule has 1 amide bonds. The Morgan fingerprint density at radius 1 is 1.16 bits per heavy atom. The molecule has 4 aromatic rings. The van der Waals surface area contributed by atoms with E-state index in [1.165, 1.54) is 11.6 Å². The van der Waals surface area contributed by atoms with E-state index in [1.54, 1.807) is 18.0 Å². The topological polar surface area (TPSA) is 112 Å². The molecule has 192 valence electrons. The van der Waals surface area contributed by atoms with E-state index in [0.717, 1.165) is 18.2 Å². The fraction of sp³-hybridized carbons (Fsp3) is 0.370. The molecule has 1 saturated heterocycles. The molecule has 9 nitrogen and oxygen atoms in total. The second kappa shape index (κ2) is 9.42. The van der Waals surface area contributed by atoms with Crippen LogP contribution in [0.5, 0.6) is 0 Å². The third-order valence-corrected chi connectivity index (χ3v) is 6.33. The molecule has 1 aliphatic heterocycles. The van der Waals surface area contributed by atoms with Crippen LogP contribution >= 0.6 is 0 Å². The molecule has 37 heavy (non-hydrogen) atoms. The molecule has 0 aliphatic carbocycles. The van der Waals surface area contributed by atoms with Crippen LogP contribution in [0.3, 0.4) is 0 Å². The number of nitrogens with zero attached hydrogens (tertiary/aromatic N) is 6. The summed E-state index contributed by atoms with van der Waals surface area (Å²) in [4.78, 5) is 31.7.